The van der Waals surface area contributed by atoms with E-state index in [1.807, 2.05) is 12.1 Å². The number of likely N-dealkylation sites (tertiary alicyclic amines) is 1. The summed E-state index contributed by atoms with van der Waals surface area (Å²) in [6.45, 7) is 0.660. The molecule has 0 aromatic heterocycles. The highest BCUT2D eigenvalue weighted by Crippen LogP contribution is 2.20. The number of nitrogens with one attached hydrogen (secondary N) is 1. The maximum Gasteiger partial charge on any atom is 0.251 e. The summed E-state index contributed by atoms with van der Waals surface area (Å²) in [5, 5.41) is 2.76. The third-order valence-corrected chi connectivity index (χ3v) is 4.06. The van der Waals surface area contributed by atoms with Crippen LogP contribution in [0.4, 0.5) is 4.39 Å². The fourth-order valence-corrected chi connectivity index (χ4v) is 2.65. The maximum absolute atomic E-state index is 12.9. The maximum atomic E-state index is 12.9. The molecule has 1 saturated heterocycles. The first kappa shape index (κ1) is 15.2. The third kappa shape index (κ3) is 3.23. The zero-order chi connectivity index (χ0) is 16.4. The molecule has 1 atom stereocenters. The number of rotatable bonds is 3. The molecule has 0 unspecified atom stereocenters. The van der Waals surface area contributed by atoms with Crippen LogP contribution in [-0.2, 0) is 4.79 Å². The van der Waals surface area contributed by atoms with Gasteiger partial charge in [0.2, 0.25) is 5.91 Å². The quantitative estimate of drug-likeness (QED) is 0.946. The van der Waals surface area contributed by atoms with E-state index >= 15 is 0 Å². The molecule has 2 aromatic carbocycles. The first-order chi connectivity index (χ1) is 11.0. The van der Waals surface area contributed by atoms with Gasteiger partial charge in [0.15, 0.2) is 0 Å². The van der Waals surface area contributed by atoms with Crippen LogP contribution in [0.1, 0.15) is 16.8 Å². The van der Waals surface area contributed by atoms with E-state index in [0.29, 0.717) is 18.5 Å². The van der Waals surface area contributed by atoms with E-state index < -0.39 is 6.04 Å². The summed E-state index contributed by atoms with van der Waals surface area (Å²) < 4.78 is 12.9. The molecule has 1 aliphatic heterocycles. The molecule has 1 fully saturated rings. The van der Waals surface area contributed by atoms with Crippen LogP contribution >= 0.6 is 0 Å². The fraction of sp³-hybridized carbons (Fsp3) is 0.222. The standard InChI is InChI=1S/C18H17FN2O2/c1-21-11-10-16(18(21)23)20-17(22)14-4-2-12(3-5-14)13-6-8-15(19)9-7-13/h2-9,16H,10-11H2,1H3,(H,20,22)/t16-/m0/s1. The number of likely N-dealkylation sites (N-methyl/N-ethyl adjacent to an activating group) is 1. The van der Waals surface area contributed by atoms with Crippen molar-refractivity contribution in [2.45, 2.75) is 12.5 Å². The molecular formula is C18H17FN2O2. The summed E-state index contributed by atoms with van der Waals surface area (Å²) in [7, 11) is 1.73. The number of hydrogen-bond acceptors (Lipinski definition) is 2. The van der Waals surface area contributed by atoms with Gasteiger partial charge in [0.25, 0.3) is 5.91 Å². The van der Waals surface area contributed by atoms with Crippen molar-refractivity contribution >= 4 is 11.8 Å². The molecule has 3 rings (SSSR count). The van der Waals surface area contributed by atoms with Gasteiger partial charge in [0.1, 0.15) is 11.9 Å². The molecular weight excluding hydrogens is 295 g/mol. The van der Waals surface area contributed by atoms with Gasteiger partial charge in [-0.2, -0.15) is 0 Å². The molecule has 2 aromatic rings. The van der Waals surface area contributed by atoms with Crippen LogP contribution in [0, 0.1) is 5.82 Å². The van der Waals surface area contributed by atoms with Crippen molar-refractivity contribution in [3.63, 3.8) is 0 Å². The van der Waals surface area contributed by atoms with Gasteiger partial charge in [-0.3, -0.25) is 9.59 Å². The van der Waals surface area contributed by atoms with Crippen LogP contribution in [0.3, 0.4) is 0 Å². The zero-order valence-electron chi connectivity index (χ0n) is 12.8. The fourth-order valence-electron chi connectivity index (χ4n) is 2.65. The van der Waals surface area contributed by atoms with Crippen molar-refractivity contribution in [3.8, 4) is 11.1 Å². The second kappa shape index (κ2) is 6.20. The van der Waals surface area contributed by atoms with Gasteiger partial charge in [-0.05, 0) is 41.8 Å². The van der Waals surface area contributed by atoms with Crippen LogP contribution in [0.2, 0.25) is 0 Å². The molecule has 23 heavy (non-hydrogen) atoms. The lowest BCUT2D eigenvalue weighted by atomic mass is 10.0. The molecule has 5 heteroatoms. The number of benzene rings is 2. The average molecular weight is 312 g/mol. The van der Waals surface area contributed by atoms with E-state index in [-0.39, 0.29) is 17.6 Å². The third-order valence-electron chi connectivity index (χ3n) is 4.06. The van der Waals surface area contributed by atoms with E-state index in [1.165, 1.54) is 12.1 Å². The second-order valence-electron chi connectivity index (χ2n) is 5.66. The Kier molecular flexibility index (Phi) is 4.10. The van der Waals surface area contributed by atoms with Crippen molar-refractivity contribution in [2.75, 3.05) is 13.6 Å². The summed E-state index contributed by atoms with van der Waals surface area (Å²) in [4.78, 5) is 25.6. The van der Waals surface area contributed by atoms with Gasteiger partial charge in [-0.15, -0.1) is 0 Å². The Hall–Kier alpha value is -2.69. The minimum atomic E-state index is -0.440. The van der Waals surface area contributed by atoms with Gasteiger partial charge in [-0.25, -0.2) is 4.39 Å². The van der Waals surface area contributed by atoms with Crippen molar-refractivity contribution in [2.24, 2.45) is 0 Å². The lowest BCUT2D eigenvalue weighted by Crippen LogP contribution is -2.40. The van der Waals surface area contributed by atoms with Crippen LogP contribution in [0.15, 0.2) is 48.5 Å². The number of nitrogens with zero attached hydrogens (tertiary/aromatic N) is 1. The molecule has 1 aliphatic rings. The van der Waals surface area contributed by atoms with Gasteiger partial charge in [0.05, 0.1) is 0 Å². The number of carbonyl (C=O) groups excluding carboxylic acids is 2. The first-order valence-electron chi connectivity index (χ1n) is 7.46. The lowest BCUT2D eigenvalue weighted by molar-refractivity contribution is -0.128. The average Bonchev–Trinajstić information content (AvgIpc) is 2.88. The van der Waals surface area contributed by atoms with Crippen molar-refractivity contribution in [1.82, 2.24) is 10.2 Å². The zero-order valence-corrected chi connectivity index (χ0v) is 12.8. The molecule has 0 aliphatic carbocycles. The topological polar surface area (TPSA) is 49.4 Å². The Morgan fingerprint density at radius 1 is 1.09 bits per heavy atom. The Morgan fingerprint density at radius 3 is 2.17 bits per heavy atom. The molecule has 1 N–H and O–H groups in total. The summed E-state index contributed by atoms with van der Waals surface area (Å²) in [6.07, 6.45) is 0.634. The molecule has 118 valence electrons. The largest absolute Gasteiger partial charge is 0.344 e. The van der Waals surface area contributed by atoms with Gasteiger partial charge < -0.3 is 10.2 Å². The number of hydrogen-bond donors (Lipinski definition) is 1. The highest BCUT2D eigenvalue weighted by molar-refractivity contribution is 5.98. The van der Waals surface area contributed by atoms with Crippen molar-refractivity contribution in [1.29, 1.82) is 0 Å². The van der Waals surface area contributed by atoms with E-state index in [0.717, 1.165) is 11.1 Å². The Bertz CT molecular complexity index is 726. The van der Waals surface area contributed by atoms with Crippen LogP contribution in [0.25, 0.3) is 11.1 Å². The van der Waals surface area contributed by atoms with Gasteiger partial charge in [-0.1, -0.05) is 24.3 Å². The molecule has 0 spiro atoms. The molecule has 4 nitrogen and oxygen atoms in total. The normalized spacial score (nSPS) is 17.4. The first-order valence-corrected chi connectivity index (χ1v) is 7.46. The van der Waals surface area contributed by atoms with Gasteiger partial charge in [0, 0.05) is 19.2 Å². The second-order valence-corrected chi connectivity index (χ2v) is 5.66. The summed E-state index contributed by atoms with van der Waals surface area (Å²) in [6, 6.07) is 12.8. The summed E-state index contributed by atoms with van der Waals surface area (Å²) in [5.41, 5.74) is 2.28. The minimum absolute atomic E-state index is 0.0544. The van der Waals surface area contributed by atoms with Crippen LogP contribution in [-0.4, -0.2) is 36.3 Å². The molecule has 0 saturated carbocycles. The van der Waals surface area contributed by atoms with Crippen molar-refractivity contribution < 1.29 is 14.0 Å². The monoisotopic (exact) mass is 312 g/mol. The van der Waals surface area contributed by atoms with Crippen LogP contribution < -0.4 is 5.32 Å². The van der Waals surface area contributed by atoms with E-state index in [2.05, 4.69) is 5.32 Å². The Morgan fingerprint density at radius 2 is 1.65 bits per heavy atom. The highest BCUT2D eigenvalue weighted by Gasteiger charge is 2.30. The predicted octanol–water partition coefficient (Wildman–Crippen LogP) is 2.45. The molecule has 2 amide bonds. The number of amides is 2. The molecule has 1 heterocycles. The minimum Gasteiger partial charge on any atom is -0.344 e. The molecule has 0 bridgehead atoms. The number of halogens is 1. The van der Waals surface area contributed by atoms with E-state index in [1.54, 1.807) is 36.2 Å². The summed E-state index contributed by atoms with van der Waals surface area (Å²) in [5.74, 6) is -0.596. The number of carbonyl (C=O) groups is 2. The lowest BCUT2D eigenvalue weighted by Gasteiger charge is -2.12. The summed E-state index contributed by atoms with van der Waals surface area (Å²) >= 11 is 0. The van der Waals surface area contributed by atoms with Crippen LogP contribution in [0.5, 0.6) is 0 Å². The highest BCUT2D eigenvalue weighted by atomic mass is 19.1. The van der Waals surface area contributed by atoms with Gasteiger partial charge >= 0.3 is 0 Å². The van der Waals surface area contributed by atoms with E-state index in [9.17, 15) is 14.0 Å². The molecule has 0 radical (unpaired) electrons. The SMILES string of the molecule is CN1CC[C@H](NC(=O)c2ccc(-c3ccc(F)cc3)cc2)C1=O. The van der Waals surface area contributed by atoms with Crippen molar-refractivity contribution in [3.05, 3.63) is 59.9 Å². The Labute approximate surface area is 133 Å². The smallest absolute Gasteiger partial charge is 0.251 e. The Balaban J connectivity index is 1.70. The predicted molar refractivity (Wildman–Crippen MR) is 85.3 cm³/mol. The van der Waals surface area contributed by atoms with E-state index in [4.69, 9.17) is 0 Å².